The van der Waals surface area contributed by atoms with Gasteiger partial charge in [0.25, 0.3) is 0 Å². The van der Waals surface area contributed by atoms with Crippen LogP contribution in [-0.4, -0.2) is 34.5 Å². The Kier molecular flexibility index (Phi) is 11.2. The van der Waals surface area contributed by atoms with Crippen LogP contribution in [0.2, 0.25) is 0 Å². The van der Waals surface area contributed by atoms with Gasteiger partial charge in [-0.1, -0.05) is 42.5 Å². The van der Waals surface area contributed by atoms with Crippen LogP contribution in [0.15, 0.2) is 42.5 Å². The maximum Gasteiger partial charge on any atom is 0.306 e. The van der Waals surface area contributed by atoms with Gasteiger partial charge in [-0.3, -0.25) is 4.79 Å². The number of hydrogen-bond acceptors (Lipinski definition) is 4. The first-order valence-corrected chi connectivity index (χ1v) is 11.5. The predicted molar refractivity (Wildman–Crippen MR) is 121 cm³/mol. The summed E-state index contributed by atoms with van der Waals surface area (Å²) in [6, 6.07) is 10.5. The van der Waals surface area contributed by atoms with Gasteiger partial charge in [0.15, 0.2) is 0 Å². The largest absolute Gasteiger partial charge is 0.463 e. The zero-order valence-electron chi connectivity index (χ0n) is 18.6. The maximum atomic E-state index is 11.5. The van der Waals surface area contributed by atoms with E-state index in [2.05, 4.69) is 42.8 Å². The molecule has 2 rings (SSSR count). The number of ether oxygens (including phenoxy) is 1. The molecular formula is C26H39O4. The van der Waals surface area contributed by atoms with Crippen LogP contribution in [0.5, 0.6) is 0 Å². The number of esters is 1. The van der Waals surface area contributed by atoms with Crippen LogP contribution in [-0.2, 0) is 16.0 Å². The van der Waals surface area contributed by atoms with Gasteiger partial charge in [0.05, 0.1) is 18.3 Å². The molecule has 4 nitrogen and oxygen atoms in total. The second-order valence-electron chi connectivity index (χ2n) is 8.73. The van der Waals surface area contributed by atoms with E-state index in [1.165, 1.54) is 5.56 Å². The lowest BCUT2D eigenvalue weighted by Crippen LogP contribution is -2.21. The van der Waals surface area contributed by atoms with Crippen LogP contribution in [0.4, 0.5) is 0 Å². The number of unbranched alkanes of at least 4 members (excludes halogenated alkanes) is 3. The fourth-order valence-electron chi connectivity index (χ4n) is 4.33. The Morgan fingerprint density at radius 3 is 2.53 bits per heavy atom. The van der Waals surface area contributed by atoms with E-state index in [0.29, 0.717) is 12.8 Å². The minimum Gasteiger partial charge on any atom is -0.463 e. The second-order valence-corrected chi connectivity index (χ2v) is 8.73. The van der Waals surface area contributed by atoms with Gasteiger partial charge >= 0.3 is 5.97 Å². The Hall–Kier alpha value is -1.65. The van der Waals surface area contributed by atoms with Crippen LogP contribution in [0.3, 0.4) is 0 Å². The Bertz CT molecular complexity index is 625. The van der Waals surface area contributed by atoms with Gasteiger partial charge < -0.3 is 14.9 Å². The molecule has 0 aliphatic heterocycles. The summed E-state index contributed by atoms with van der Waals surface area (Å²) in [7, 11) is 0. The lowest BCUT2D eigenvalue weighted by molar-refractivity contribution is -0.147. The zero-order chi connectivity index (χ0) is 21.8. The first-order chi connectivity index (χ1) is 14.5. The number of carbonyl (C=O) groups excluding carboxylic acids is 1. The molecule has 0 amide bonds. The SMILES string of the molecule is CC(C)OC(=O)CCC/C=C\C[C@@H]1[C@@H](CC[CH]CCc2ccccc2)[C@@H](O)C[C@@H]1O. The molecule has 0 heterocycles. The highest BCUT2D eigenvalue weighted by atomic mass is 16.5. The van der Waals surface area contributed by atoms with Gasteiger partial charge in [-0.2, -0.15) is 0 Å². The highest BCUT2D eigenvalue weighted by molar-refractivity contribution is 5.69. The number of hydrogen-bond donors (Lipinski definition) is 2. The Balaban J connectivity index is 1.65. The number of rotatable bonds is 13. The summed E-state index contributed by atoms with van der Waals surface area (Å²) in [5.41, 5.74) is 1.35. The molecule has 4 atom stereocenters. The highest BCUT2D eigenvalue weighted by Crippen LogP contribution is 2.38. The van der Waals surface area contributed by atoms with Crippen molar-refractivity contribution in [1.82, 2.24) is 0 Å². The van der Waals surface area contributed by atoms with E-state index in [9.17, 15) is 15.0 Å². The third-order valence-corrected chi connectivity index (χ3v) is 5.90. The number of aliphatic hydroxyl groups excluding tert-OH is 2. The van der Waals surface area contributed by atoms with Crippen molar-refractivity contribution in [3.8, 4) is 0 Å². The van der Waals surface area contributed by atoms with Crippen molar-refractivity contribution in [2.24, 2.45) is 11.8 Å². The molecule has 0 spiro atoms. The summed E-state index contributed by atoms with van der Waals surface area (Å²) in [6.45, 7) is 3.72. The summed E-state index contributed by atoms with van der Waals surface area (Å²) in [4.78, 5) is 11.5. The molecule has 1 aromatic carbocycles. The van der Waals surface area contributed by atoms with E-state index < -0.39 is 12.2 Å². The molecule has 1 aliphatic rings. The Morgan fingerprint density at radius 2 is 1.80 bits per heavy atom. The number of allylic oxidation sites excluding steroid dienone is 2. The summed E-state index contributed by atoms with van der Waals surface area (Å²) >= 11 is 0. The highest BCUT2D eigenvalue weighted by Gasteiger charge is 2.40. The average Bonchev–Trinajstić information content (AvgIpc) is 2.97. The molecule has 1 aromatic rings. The van der Waals surface area contributed by atoms with Crippen molar-refractivity contribution < 1.29 is 19.7 Å². The van der Waals surface area contributed by atoms with E-state index in [4.69, 9.17) is 4.74 Å². The number of aliphatic hydroxyl groups is 2. The number of aryl methyl sites for hydroxylation is 1. The molecule has 0 unspecified atom stereocenters. The molecule has 0 aromatic heterocycles. The Morgan fingerprint density at radius 1 is 1.07 bits per heavy atom. The third kappa shape index (κ3) is 9.01. The standard InChI is InChI=1S/C26H39O4/c1-20(2)30-26(29)18-12-4-3-10-16-22-23(25(28)19-24(22)27)17-11-6-9-15-21-13-7-5-8-14-21/h3,5-8,10,13-14,20,22-25,27-28H,4,9,11-12,15-19H2,1-2H3/b10-3-/t22-,23-,24+,25+/m1/s1. The van der Waals surface area contributed by atoms with Crippen molar-refractivity contribution >= 4 is 5.97 Å². The van der Waals surface area contributed by atoms with Gasteiger partial charge in [-0.05, 0) is 89.0 Å². The molecule has 167 valence electrons. The van der Waals surface area contributed by atoms with E-state index in [1.54, 1.807) is 0 Å². The lowest BCUT2D eigenvalue weighted by atomic mass is 9.86. The molecule has 1 radical (unpaired) electrons. The van der Waals surface area contributed by atoms with Gasteiger partial charge in [-0.15, -0.1) is 0 Å². The minimum absolute atomic E-state index is 0.0594. The molecule has 2 N–H and O–H groups in total. The van der Waals surface area contributed by atoms with Crippen LogP contribution >= 0.6 is 0 Å². The predicted octanol–water partition coefficient (Wildman–Crippen LogP) is 5.03. The summed E-state index contributed by atoms with van der Waals surface area (Å²) < 4.78 is 5.13. The fraction of sp³-hybridized carbons (Fsp3) is 0.615. The minimum atomic E-state index is -0.431. The Labute approximate surface area is 182 Å². The van der Waals surface area contributed by atoms with E-state index in [0.717, 1.165) is 44.9 Å². The molecule has 1 fully saturated rings. The quantitative estimate of drug-likeness (QED) is 0.269. The third-order valence-electron chi connectivity index (χ3n) is 5.90. The van der Waals surface area contributed by atoms with Crippen molar-refractivity contribution in [3.63, 3.8) is 0 Å². The summed E-state index contributed by atoms with van der Waals surface area (Å²) in [5.74, 6) is 0.125. The van der Waals surface area contributed by atoms with E-state index in [-0.39, 0.29) is 23.9 Å². The monoisotopic (exact) mass is 415 g/mol. The van der Waals surface area contributed by atoms with Gasteiger partial charge in [0.1, 0.15) is 0 Å². The maximum absolute atomic E-state index is 11.5. The average molecular weight is 416 g/mol. The van der Waals surface area contributed by atoms with Crippen LogP contribution in [0.25, 0.3) is 0 Å². The molecule has 4 heteroatoms. The van der Waals surface area contributed by atoms with Crippen LogP contribution in [0.1, 0.15) is 70.8 Å². The molecular weight excluding hydrogens is 376 g/mol. The van der Waals surface area contributed by atoms with Crippen molar-refractivity contribution in [3.05, 3.63) is 54.5 Å². The van der Waals surface area contributed by atoms with Gasteiger partial charge in [0, 0.05) is 6.42 Å². The first-order valence-electron chi connectivity index (χ1n) is 11.5. The smallest absolute Gasteiger partial charge is 0.306 e. The van der Waals surface area contributed by atoms with Crippen molar-refractivity contribution in [2.75, 3.05) is 0 Å². The van der Waals surface area contributed by atoms with Gasteiger partial charge in [-0.25, -0.2) is 0 Å². The molecule has 1 aliphatic carbocycles. The van der Waals surface area contributed by atoms with Crippen LogP contribution in [0, 0.1) is 18.3 Å². The van der Waals surface area contributed by atoms with E-state index >= 15 is 0 Å². The topological polar surface area (TPSA) is 66.8 Å². The molecule has 0 bridgehead atoms. The van der Waals surface area contributed by atoms with Crippen LogP contribution < -0.4 is 0 Å². The zero-order valence-corrected chi connectivity index (χ0v) is 18.6. The number of carbonyl (C=O) groups is 1. The normalized spacial score (nSPS) is 24.0. The van der Waals surface area contributed by atoms with Crippen molar-refractivity contribution in [2.45, 2.75) is 89.9 Å². The molecule has 0 saturated heterocycles. The number of benzene rings is 1. The first kappa shape index (κ1) is 24.6. The molecule has 30 heavy (non-hydrogen) atoms. The summed E-state index contributed by atoms with van der Waals surface area (Å²) in [6.07, 6.45) is 12.9. The summed E-state index contributed by atoms with van der Waals surface area (Å²) in [5, 5.41) is 20.8. The van der Waals surface area contributed by atoms with E-state index in [1.807, 2.05) is 19.9 Å². The fourth-order valence-corrected chi connectivity index (χ4v) is 4.33. The van der Waals surface area contributed by atoms with Gasteiger partial charge in [0.2, 0.25) is 0 Å². The lowest BCUT2D eigenvalue weighted by Gasteiger charge is -2.22. The second kappa shape index (κ2) is 13.6. The van der Waals surface area contributed by atoms with Crippen molar-refractivity contribution in [1.29, 1.82) is 0 Å². The molecule has 1 saturated carbocycles.